The summed E-state index contributed by atoms with van der Waals surface area (Å²) in [4.78, 5) is 0. The highest BCUT2D eigenvalue weighted by Crippen LogP contribution is 2.42. The topological polar surface area (TPSA) is 12.0 Å². The fourth-order valence-corrected chi connectivity index (χ4v) is 3.53. The summed E-state index contributed by atoms with van der Waals surface area (Å²) in [5.74, 6) is 0.574. The average molecular weight is 263 g/mol. The van der Waals surface area contributed by atoms with Crippen LogP contribution in [0.1, 0.15) is 54.3 Å². The van der Waals surface area contributed by atoms with Crippen LogP contribution in [0.5, 0.6) is 0 Å². The molecule has 0 aromatic heterocycles. The summed E-state index contributed by atoms with van der Waals surface area (Å²) in [5.41, 5.74) is 4.52. The Morgan fingerprint density at radius 3 is 2.15 bits per heavy atom. The van der Waals surface area contributed by atoms with Gasteiger partial charge < -0.3 is 5.32 Å². The van der Waals surface area contributed by atoms with Crippen molar-refractivity contribution >= 4 is 0 Å². The number of nitrogens with one attached hydrogen (secondary N) is 1. The predicted molar refractivity (Wildman–Crippen MR) is 82.9 cm³/mol. The van der Waals surface area contributed by atoms with E-state index in [4.69, 9.17) is 0 Å². The highest BCUT2D eigenvalue weighted by molar-refractivity contribution is 5.41. The van der Waals surface area contributed by atoms with Gasteiger partial charge in [0.25, 0.3) is 0 Å². The zero-order valence-corrected chi connectivity index (χ0v) is 11.8. The summed E-state index contributed by atoms with van der Waals surface area (Å²) >= 11 is 0. The van der Waals surface area contributed by atoms with Gasteiger partial charge in [-0.05, 0) is 42.4 Å². The second kappa shape index (κ2) is 5.06. The van der Waals surface area contributed by atoms with E-state index in [-0.39, 0.29) is 0 Å². The van der Waals surface area contributed by atoms with E-state index in [2.05, 4.69) is 59.9 Å². The molecule has 1 heteroatoms. The molecule has 1 saturated carbocycles. The summed E-state index contributed by atoms with van der Waals surface area (Å²) in [6.07, 6.45) is 5.24. The molecular weight excluding hydrogens is 242 g/mol. The molecule has 2 aromatic rings. The Labute approximate surface area is 121 Å². The number of hydrogen-bond acceptors (Lipinski definition) is 1. The van der Waals surface area contributed by atoms with Crippen molar-refractivity contribution in [1.82, 2.24) is 5.32 Å². The molecule has 1 N–H and O–H groups in total. The molecule has 4 rings (SSSR count). The van der Waals surface area contributed by atoms with Gasteiger partial charge in [-0.25, -0.2) is 0 Å². The van der Waals surface area contributed by atoms with Crippen LogP contribution in [0.15, 0.2) is 54.6 Å². The van der Waals surface area contributed by atoms with E-state index in [1.807, 2.05) is 0 Å². The molecule has 2 atom stereocenters. The van der Waals surface area contributed by atoms with Crippen LogP contribution in [-0.2, 0) is 0 Å². The van der Waals surface area contributed by atoms with Crippen LogP contribution in [0.3, 0.4) is 0 Å². The van der Waals surface area contributed by atoms with Crippen molar-refractivity contribution in [2.75, 3.05) is 0 Å². The van der Waals surface area contributed by atoms with Crippen molar-refractivity contribution in [3.8, 4) is 0 Å². The second-order valence-electron chi connectivity index (χ2n) is 6.16. The number of rotatable bonds is 3. The van der Waals surface area contributed by atoms with E-state index in [0.717, 1.165) is 6.04 Å². The molecule has 2 aromatic carbocycles. The van der Waals surface area contributed by atoms with E-state index in [0.29, 0.717) is 12.0 Å². The van der Waals surface area contributed by atoms with Gasteiger partial charge in [0.1, 0.15) is 0 Å². The summed E-state index contributed by atoms with van der Waals surface area (Å²) < 4.78 is 0. The quantitative estimate of drug-likeness (QED) is 0.865. The van der Waals surface area contributed by atoms with E-state index in [9.17, 15) is 0 Å². The van der Waals surface area contributed by atoms with Crippen LogP contribution in [0, 0.1) is 0 Å². The molecule has 2 aliphatic carbocycles. The monoisotopic (exact) mass is 263 g/mol. The van der Waals surface area contributed by atoms with E-state index in [1.165, 1.54) is 42.4 Å². The molecule has 0 spiro atoms. The highest BCUT2D eigenvalue weighted by Gasteiger charge is 2.31. The lowest BCUT2D eigenvalue weighted by molar-refractivity contribution is 0.438. The Morgan fingerprint density at radius 2 is 1.40 bits per heavy atom. The van der Waals surface area contributed by atoms with Gasteiger partial charge in [-0.2, -0.15) is 0 Å². The third kappa shape index (κ3) is 2.27. The molecule has 20 heavy (non-hydrogen) atoms. The molecule has 0 heterocycles. The van der Waals surface area contributed by atoms with Gasteiger partial charge in [-0.15, -0.1) is 0 Å². The highest BCUT2D eigenvalue weighted by atomic mass is 15.0. The molecule has 0 saturated heterocycles. The Balaban J connectivity index is 1.69. The predicted octanol–water partition coefficient (Wildman–Crippen LogP) is 4.41. The van der Waals surface area contributed by atoms with Gasteiger partial charge in [0.15, 0.2) is 0 Å². The molecule has 0 unspecified atom stereocenters. The number of benzene rings is 2. The molecule has 1 fully saturated rings. The maximum absolute atomic E-state index is 3.82. The van der Waals surface area contributed by atoms with Crippen LogP contribution in [0.2, 0.25) is 0 Å². The molecular formula is C19H21N. The first-order chi connectivity index (χ1) is 9.92. The number of hydrogen-bond donors (Lipinski definition) is 1. The van der Waals surface area contributed by atoms with Gasteiger partial charge in [-0.3, -0.25) is 0 Å². The van der Waals surface area contributed by atoms with Crippen molar-refractivity contribution < 1.29 is 0 Å². The zero-order chi connectivity index (χ0) is 13.4. The molecule has 0 bridgehead atoms. The minimum Gasteiger partial charge on any atom is -0.307 e. The van der Waals surface area contributed by atoms with Crippen molar-refractivity contribution in [2.24, 2.45) is 0 Å². The summed E-state index contributed by atoms with van der Waals surface area (Å²) in [6.45, 7) is 0. The van der Waals surface area contributed by atoms with Crippen LogP contribution in [0.25, 0.3) is 0 Å². The first kappa shape index (κ1) is 12.2. The van der Waals surface area contributed by atoms with Crippen LogP contribution < -0.4 is 5.32 Å². The Bertz CT molecular complexity index is 586. The van der Waals surface area contributed by atoms with Crippen molar-refractivity contribution in [1.29, 1.82) is 0 Å². The molecule has 0 amide bonds. The maximum Gasteiger partial charge on any atom is 0.0325 e. The minimum absolute atomic E-state index is 0.568. The fourth-order valence-electron chi connectivity index (χ4n) is 3.53. The molecule has 0 radical (unpaired) electrons. The Morgan fingerprint density at radius 1 is 0.700 bits per heavy atom. The standard InChI is InChI=1S/C19H21N/c1-2-6-14(7-3-1)16-12-13-19(20-15-10-11-15)18-9-5-4-8-17(16)18/h1-9,15-16,19-20H,10-13H2/t16-,19+/m1/s1. The second-order valence-corrected chi connectivity index (χ2v) is 6.16. The van der Waals surface area contributed by atoms with Gasteiger partial charge in [0.05, 0.1) is 0 Å². The van der Waals surface area contributed by atoms with Crippen molar-refractivity contribution in [3.05, 3.63) is 71.3 Å². The first-order valence-electron chi connectivity index (χ1n) is 7.81. The molecule has 2 aliphatic rings. The van der Waals surface area contributed by atoms with Crippen molar-refractivity contribution in [3.63, 3.8) is 0 Å². The lowest BCUT2D eigenvalue weighted by Crippen LogP contribution is -2.28. The van der Waals surface area contributed by atoms with E-state index < -0.39 is 0 Å². The largest absolute Gasteiger partial charge is 0.307 e. The minimum atomic E-state index is 0.568. The Hall–Kier alpha value is -1.60. The summed E-state index contributed by atoms with van der Waals surface area (Å²) in [7, 11) is 0. The van der Waals surface area contributed by atoms with Gasteiger partial charge in [-0.1, -0.05) is 54.6 Å². The third-order valence-corrected chi connectivity index (χ3v) is 4.71. The third-order valence-electron chi connectivity index (χ3n) is 4.71. The Kier molecular flexibility index (Phi) is 3.08. The lowest BCUT2D eigenvalue weighted by Gasteiger charge is -2.32. The fraction of sp³-hybridized carbons (Fsp3) is 0.368. The molecule has 102 valence electrons. The lowest BCUT2D eigenvalue weighted by atomic mass is 9.77. The normalized spacial score (nSPS) is 25.2. The van der Waals surface area contributed by atoms with Gasteiger partial charge in [0, 0.05) is 18.0 Å². The SMILES string of the molecule is c1ccc([C@H]2CC[C@H](NC3CC3)c3ccccc32)cc1. The van der Waals surface area contributed by atoms with Gasteiger partial charge in [0.2, 0.25) is 0 Å². The maximum atomic E-state index is 3.82. The van der Waals surface area contributed by atoms with E-state index >= 15 is 0 Å². The van der Waals surface area contributed by atoms with Crippen LogP contribution in [-0.4, -0.2) is 6.04 Å². The summed E-state index contributed by atoms with van der Waals surface area (Å²) in [5, 5.41) is 3.82. The summed E-state index contributed by atoms with van der Waals surface area (Å²) in [6, 6.07) is 21.3. The number of fused-ring (bicyclic) bond motifs is 1. The molecule has 0 aliphatic heterocycles. The van der Waals surface area contributed by atoms with Gasteiger partial charge >= 0.3 is 0 Å². The zero-order valence-electron chi connectivity index (χ0n) is 11.8. The van der Waals surface area contributed by atoms with E-state index in [1.54, 1.807) is 0 Å². The van der Waals surface area contributed by atoms with Crippen LogP contribution in [0.4, 0.5) is 0 Å². The average Bonchev–Trinajstić information content (AvgIpc) is 3.33. The molecule has 1 nitrogen and oxygen atoms in total. The smallest absolute Gasteiger partial charge is 0.0325 e. The van der Waals surface area contributed by atoms with Crippen LogP contribution >= 0.6 is 0 Å². The first-order valence-corrected chi connectivity index (χ1v) is 7.81. The van der Waals surface area contributed by atoms with Crippen molar-refractivity contribution in [2.45, 2.75) is 43.7 Å².